The molecule has 33 heavy (non-hydrogen) atoms. The number of para-hydroxylation sites is 1. The number of aryl methyl sites for hydroxylation is 2. The van der Waals surface area contributed by atoms with E-state index in [2.05, 4.69) is 59.0 Å². The number of phenolic OH excluding ortho intramolecular Hbond substituents is 1. The fraction of sp³-hybridized carbons (Fsp3) is 0.448. The highest BCUT2D eigenvalue weighted by Gasteiger charge is 2.27. The molecule has 1 aromatic heterocycles. The van der Waals surface area contributed by atoms with Crippen LogP contribution in [0.15, 0.2) is 36.4 Å². The third-order valence-corrected chi connectivity index (χ3v) is 6.61. The summed E-state index contributed by atoms with van der Waals surface area (Å²) < 4.78 is 0. The molecule has 4 heteroatoms. The molecule has 2 aromatic carbocycles. The third kappa shape index (κ3) is 4.75. The normalized spacial score (nSPS) is 13.9. The predicted octanol–water partition coefficient (Wildman–Crippen LogP) is 6.60. The molecule has 0 radical (unpaired) electrons. The van der Waals surface area contributed by atoms with Gasteiger partial charge in [0.05, 0.1) is 11.2 Å². The van der Waals surface area contributed by atoms with Crippen molar-refractivity contribution < 1.29 is 9.90 Å². The molecule has 0 atom stereocenters. The molecule has 0 saturated carbocycles. The van der Waals surface area contributed by atoms with Crippen molar-refractivity contribution in [3.63, 3.8) is 0 Å². The summed E-state index contributed by atoms with van der Waals surface area (Å²) >= 11 is 0. The van der Waals surface area contributed by atoms with Gasteiger partial charge in [0.15, 0.2) is 0 Å². The molecule has 1 amide bonds. The van der Waals surface area contributed by atoms with Crippen molar-refractivity contribution in [2.75, 3.05) is 5.32 Å². The summed E-state index contributed by atoms with van der Waals surface area (Å²) in [6.45, 7) is 12.7. The highest BCUT2D eigenvalue weighted by Crippen LogP contribution is 2.40. The maximum absolute atomic E-state index is 13.1. The van der Waals surface area contributed by atoms with Crippen LogP contribution in [0, 0.1) is 0 Å². The Morgan fingerprint density at radius 3 is 2.27 bits per heavy atom. The van der Waals surface area contributed by atoms with E-state index in [4.69, 9.17) is 4.98 Å². The number of rotatable bonds is 4. The number of carbonyl (C=O) groups excluding carboxylic acids is 1. The standard InChI is InChI=1S/C29H36N2O2/c1-28(2,3)21-16-18(17-22(27(21)33)29(4,5)6)14-15-25(32)31-26-19-10-7-8-12-23(19)30-24-13-9-11-20(24)26/h7-8,10,12,16-17,33H,9,11,13-15H2,1-6H3,(H,30,31,32). The number of aromatic nitrogens is 1. The minimum absolute atomic E-state index is 0.0168. The Labute approximate surface area is 197 Å². The first-order valence-electron chi connectivity index (χ1n) is 12.0. The number of hydrogen-bond acceptors (Lipinski definition) is 3. The molecule has 0 fully saturated rings. The number of nitrogens with one attached hydrogen (secondary N) is 1. The van der Waals surface area contributed by atoms with Crippen LogP contribution in [-0.2, 0) is 34.9 Å². The molecule has 4 rings (SSSR count). The third-order valence-electron chi connectivity index (χ3n) is 6.61. The molecule has 1 aliphatic rings. The molecule has 0 saturated heterocycles. The molecule has 1 aliphatic carbocycles. The van der Waals surface area contributed by atoms with Gasteiger partial charge in [0.1, 0.15) is 5.75 Å². The average Bonchev–Trinajstić information content (AvgIpc) is 3.19. The van der Waals surface area contributed by atoms with Crippen LogP contribution in [0.4, 0.5) is 5.69 Å². The Kier molecular flexibility index (Phi) is 5.98. The molecule has 0 bridgehead atoms. The SMILES string of the molecule is CC(C)(C)c1cc(CCC(=O)Nc2c3c(nc4ccccc24)CCC3)cc(C(C)(C)C)c1O. The second kappa shape index (κ2) is 8.48. The number of aromatic hydroxyl groups is 1. The van der Waals surface area contributed by atoms with Crippen LogP contribution in [0.25, 0.3) is 10.9 Å². The first kappa shape index (κ1) is 23.3. The minimum atomic E-state index is -0.182. The Morgan fingerprint density at radius 1 is 1.00 bits per heavy atom. The number of amides is 1. The van der Waals surface area contributed by atoms with Crippen LogP contribution in [0.1, 0.15) is 82.3 Å². The molecule has 0 aliphatic heterocycles. The molecule has 4 nitrogen and oxygen atoms in total. The fourth-order valence-corrected chi connectivity index (χ4v) is 4.80. The highest BCUT2D eigenvalue weighted by atomic mass is 16.3. The van der Waals surface area contributed by atoms with Gasteiger partial charge in [-0.15, -0.1) is 0 Å². The van der Waals surface area contributed by atoms with Gasteiger partial charge >= 0.3 is 0 Å². The van der Waals surface area contributed by atoms with E-state index in [-0.39, 0.29) is 16.7 Å². The van der Waals surface area contributed by atoms with Crippen LogP contribution in [-0.4, -0.2) is 16.0 Å². The zero-order valence-corrected chi connectivity index (χ0v) is 20.8. The zero-order valence-electron chi connectivity index (χ0n) is 20.8. The lowest BCUT2D eigenvalue weighted by Crippen LogP contribution is -2.19. The van der Waals surface area contributed by atoms with E-state index in [0.717, 1.165) is 58.2 Å². The molecule has 174 valence electrons. The summed E-state index contributed by atoms with van der Waals surface area (Å²) in [5, 5.41) is 15.2. The lowest BCUT2D eigenvalue weighted by atomic mass is 9.78. The molecule has 3 aromatic rings. The molecular weight excluding hydrogens is 408 g/mol. The zero-order chi connectivity index (χ0) is 24.0. The lowest BCUT2D eigenvalue weighted by molar-refractivity contribution is -0.116. The van der Waals surface area contributed by atoms with Crippen LogP contribution in [0.5, 0.6) is 5.75 Å². The molecule has 0 spiro atoms. The Hall–Kier alpha value is -2.88. The number of anilines is 1. The first-order valence-corrected chi connectivity index (χ1v) is 12.0. The van der Waals surface area contributed by atoms with Crippen molar-refractivity contribution >= 4 is 22.5 Å². The largest absolute Gasteiger partial charge is 0.507 e. The van der Waals surface area contributed by atoms with Gasteiger partial charge in [-0.05, 0) is 64.8 Å². The van der Waals surface area contributed by atoms with E-state index in [1.54, 1.807) is 0 Å². The van der Waals surface area contributed by atoms with Gasteiger partial charge in [0.25, 0.3) is 0 Å². The first-order chi connectivity index (χ1) is 15.4. The van der Waals surface area contributed by atoms with E-state index in [9.17, 15) is 9.90 Å². The molecular formula is C29H36N2O2. The van der Waals surface area contributed by atoms with Gasteiger partial charge in [-0.1, -0.05) is 71.9 Å². The minimum Gasteiger partial charge on any atom is -0.507 e. The average molecular weight is 445 g/mol. The number of fused-ring (bicyclic) bond motifs is 2. The summed E-state index contributed by atoms with van der Waals surface area (Å²) in [7, 11) is 0. The second-order valence-electron chi connectivity index (χ2n) is 11.4. The number of phenols is 1. The van der Waals surface area contributed by atoms with Crippen molar-refractivity contribution in [2.45, 2.75) is 84.5 Å². The van der Waals surface area contributed by atoms with Gasteiger partial charge in [0, 0.05) is 17.5 Å². The maximum atomic E-state index is 13.1. The van der Waals surface area contributed by atoms with E-state index in [1.165, 1.54) is 5.56 Å². The van der Waals surface area contributed by atoms with Gasteiger partial charge in [0.2, 0.25) is 5.91 Å². The van der Waals surface area contributed by atoms with Crippen molar-refractivity contribution in [3.8, 4) is 5.75 Å². The summed E-state index contributed by atoms with van der Waals surface area (Å²) in [6, 6.07) is 12.2. The van der Waals surface area contributed by atoms with Crippen molar-refractivity contribution in [2.24, 2.45) is 0 Å². The number of pyridine rings is 1. The Morgan fingerprint density at radius 2 is 1.64 bits per heavy atom. The van der Waals surface area contributed by atoms with Crippen LogP contribution < -0.4 is 5.32 Å². The number of carbonyl (C=O) groups is 1. The van der Waals surface area contributed by atoms with E-state index < -0.39 is 0 Å². The van der Waals surface area contributed by atoms with E-state index in [1.807, 2.05) is 24.3 Å². The Bertz CT molecular complexity index is 1180. The van der Waals surface area contributed by atoms with Crippen LogP contribution in [0.3, 0.4) is 0 Å². The van der Waals surface area contributed by atoms with Crippen LogP contribution in [0.2, 0.25) is 0 Å². The quantitative estimate of drug-likeness (QED) is 0.477. The smallest absolute Gasteiger partial charge is 0.224 e. The van der Waals surface area contributed by atoms with Crippen LogP contribution >= 0.6 is 0 Å². The summed E-state index contributed by atoms with van der Waals surface area (Å²) in [4.78, 5) is 17.9. The van der Waals surface area contributed by atoms with Gasteiger partial charge < -0.3 is 10.4 Å². The Balaban J connectivity index is 1.60. The van der Waals surface area contributed by atoms with Gasteiger partial charge in [-0.2, -0.15) is 0 Å². The van der Waals surface area contributed by atoms with Crippen molar-refractivity contribution in [1.82, 2.24) is 4.98 Å². The number of nitrogens with zero attached hydrogens (tertiary/aromatic N) is 1. The fourth-order valence-electron chi connectivity index (χ4n) is 4.80. The lowest BCUT2D eigenvalue weighted by Gasteiger charge is -2.28. The highest BCUT2D eigenvalue weighted by molar-refractivity contribution is 6.02. The van der Waals surface area contributed by atoms with Gasteiger partial charge in [-0.3, -0.25) is 9.78 Å². The molecule has 0 unspecified atom stereocenters. The van der Waals surface area contributed by atoms with Crippen molar-refractivity contribution in [3.05, 3.63) is 64.3 Å². The topological polar surface area (TPSA) is 62.2 Å². The second-order valence-corrected chi connectivity index (χ2v) is 11.4. The monoisotopic (exact) mass is 444 g/mol. The maximum Gasteiger partial charge on any atom is 0.224 e. The van der Waals surface area contributed by atoms with Gasteiger partial charge in [-0.25, -0.2) is 0 Å². The van der Waals surface area contributed by atoms with E-state index >= 15 is 0 Å². The summed E-state index contributed by atoms with van der Waals surface area (Å²) in [5.41, 5.74) is 6.78. The number of hydrogen-bond donors (Lipinski definition) is 2. The summed E-state index contributed by atoms with van der Waals surface area (Å²) in [6.07, 6.45) is 4.04. The molecule has 1 heterocycles. The molecule has 2 N–H and O–H groups in total. The predicted molar refractivity (Wildman–Crippen MR) is 136 cm³/mol. The summed E-state index contributed by atoms with van der Waals surface area (Å²) in [5.74, 6) is 0.394. The number of benzene rings is 2. The van der Waals surface area contributed by atoms with Crippen molar-refractivity contribution in [1.29, 1.82) is 0 Å². The van der Waals surface area contributed by atoms with E-state index in [0.29, 0.717) is 18.6 Å².